The van der Waals surface area contributed by atoms with Crippen molar-refractivity contribution < 1.29 is 0 Å². The lowest BCUT2D eigenvalue weighted by Gasteiger charge is -2.26. The van der Waals surface area contributed by atoms with Crippen molar-refractivity contribution in [3.8, 4) is 0 Å². The molecule has 5 heteroatoms. The van der Waals surface area contributed by atoms with Crippen molar-refractivity contribution in [1.29, 1.82) is 0 Å². The molecule has 3 heterocycles. The average molecular weight is 284 g/mol. The van der Waals surface area contributed by atoms with Gasteiger partial charge in [-0.25, -0.2) is 4.98 Å². The molecule has 0 aliphatic carbocycles. The third-order valence-electron chi connectivity index (χ3n) is 3.39. The van der Waals surface area contributed by atoms with Crippen molar-refractivity contribution >= 4 is 23.7 Å². The lowest BCUT2D eigenvalue weighted by Crippen LogP contribution is -2.30. The van der Waals surface area contributed by atoms with E-state index in [4.69, 9.17) is 0 Å². The summed E-state index contributed by atoms with van der Waals surface area (Å²) in [6.45, 7) is 6.38. The van der Waals surface area contributed by atoms with Gasteiger partial charge in [0, 0.05) is 36.9 Å². The topological polar surface area (TPSA) is 21.1 Å². The van der Waals surface area contributed by atoms with Crippen LogP contribution in [0.1, 0.15) is 23.2 Å². The molecular weight excluding hydrogens is 266 g/mol. The zero-order valence-corrected chi connectivity index (χ0v) is 12.1. The number of nitrogens with zero attached hydrogens (tertiary/aromatic N) is 3. The Morgan fingerprint density at radius 1 is 1.44 bits per heavy atom. The van der Waals surface area contributed by atoms with Crippen molar-refractivity contribution in [2.45, 2.75) is 33.0 Å². The van der Waals surface area contributed by atoms with Crippen LogP contribution in [0, 0.1) is 0 Å². The molecule has 3 nitrogen and oxygen atoms in total. The summed E-state index contributed by atoms with van der Waals surface area (Å²) >= 11 is 1.90. The summed E-state index contributed by atoms with van der Waals surface area (Å²) < 4.78 is 2.23. The fraction of sp³-hybridized carbons (Fsp3) is 0.462. The SMILES string of the molecule is CCn1ccnc1CN1CCc2sccc2C1.Cl. The molecule has 0 atom stereocenters. The second-order valence-corrected chi connectivity index (χ2v) is 5.46. The maximum atomic E-state index is 4.45. The summed E-state index contributed by atoms with van der Waals surface area (Å²) in [6, 6.07) is 2.26. The summed E-state index contributed by atoms with van der Waals surface area (Å²) in [5.41, 5.74) is 1.51. The number of imidazole rings is 1. The molecule has 3 rings (SSSR count). The van der Waals surface area contributed by atoms with E-state index in [2.05, 4.69) is 39.0 Å². The molecule has 2 aromatic rings. The van der Waals surface area contributed by atoms with Crippen LogP contribution < -0.4 is 0 Å². The molecule has 0 aromatic carbocycles. The maximum absolute atomic E-state index is 4.45. The van der Waals surface area contributed by atoms with E-state index in [-0.39, 0.29) is 12.4 Å². The molecule has 0 saturated heterocycles. The third-order valence-corrected chi connectivity index (χ3v) is 4.42. The summed E-state index contributed by atoms with van der Waals surface area (Å²) in [4.78, 5) is 8.51. The molecule has 0 saturated carbocycles. The molecular formula is C13H18ClN3S. The van der Waals surface area contributed by atoms with Gasteiger partial charge < -0.3 is 4.57 Å². The molecule has 98 valence electrons. The number of thiophene rings is 1. The summed E-state index contributed by atoms with van der Waals surface area (Å²) in [6.07, 6.45) is 5.16. The van der Waals surface area contributed by atoms with Crippen LogP contribution in [-0.2, 0) is 26.1 Å². The molecule has 2 aromatic heterocycles. The van der Waals surface area contributed by atoms with Gasteiger partial charge in [0.2, 0.25) is 0 Å². The van der Waals surface area contributed by atoms with Crippen LogP contribution in [0.3, 0.4) is 0 Å². The van der Waals surface area contributed by atoms with Crippen LogP contribution in [0.5, 0.6) is 0 Å². The van der Waals surface area contributed by atoms with Gasteiger partial charge in [-0.3, -0.25) is 4.90 Å². The predicted octanol–water partition coefficient (Wildman–Crippen LogP) is 2.94. The van der Waals surface area contributed by atoms with Gasteiger partial charge >= 0.3 is 0 Å². The molecule has 0 amide bonds. The Balaban J connectivity index is 0.00000120. The molecule has 0 unspecified atom stereocenters. The minimum atomic E-state index is 0. The average Bonchev–Trinajstić information content (AvgIpc) is 2.96. The Hall–Kier alpha value is -0.840. The molecule has 0 fully saturated rings. The van der Waals surface area contributed by atoms with Gasteiger partial charge in [-0.2, -0.15) is 0 Å². The standard InChI is InChI=1S/C13H17N3S.ClH/c1-2-16-7-5-14-13(16)10-15-6-3-12-11(9-15)4-8-17-12;/h4-5,7-8H,2-3,6,9-10H2,1H3;1H. The molecule has 0 bridgehead atoms. The minimum absolute atomic E-state index is 0. The van der Waals surface area contributed by atoms with Gasteiger partial charge in [0.1, 0.15) is 5.82 Å². The Labute approximate surface area is 118 Å². The van der Waals surface area contributed by atoms with Crippen LogP contribution in [0.4, 0.5) is 0 Å². The van der Waals surface area contributed by atoms with Crippen molar-refractivity contribution in [3.05, 3.63) is 40.1 Å². The number of aryl methyl sites for hydroxylation is 1. The Morgan fingerprint density at radius 3 is 3.17 bits per heavy atom. The molecule has 0 radical (unpaired) electrons. The monoisotopic (exact) mass is 283 g/mol. The second kappa shape index (κ2) is 5.87. The number of fused-ring (bicyclic) bond motifs is 1. The van der Waals surface area contributed by atoms with Crippen LogP contribution in [0.15, 0.2) is 23.8 Å². The predicted molar refractivity (Wildman–Crippen MR) is 77.3 cm³/mol. The summed E-state index contributed by atoms with van der Waals surface area (Å²) in [7, 11) is 0. The number of aromatic nitrogens is 2. The van der Waals surface area contributed by atoms with Crippen LogP contribution in [0.2, 0.25) is 0 Å². The first-order valence-corrected chi connectivity index (χ1v) is 7.02. The second-order valence-electron chi connectivity index (χ2n) is 4.46. The summed E-state index contributed by atoms with van der Waals surface area (Å²) in [5, 5.41) is 2.21. The van der Waals surface area contributed by atoms with E-state index in [9.17, 15) is 0 Å². The lowest BCUT2D eigenvalue weighted by molar-refractivity contribution is 0.238. The number of rotatable bonds is 3. The lowest BCUT2D eigenvalue weighted by atomic mass is 10.1. The van der Waals surface area contributed by atoms with Gasteiger partial charge in [0.25, 0.3) is 0 Å². The van der Waals surface area contributed by atoms with E-state index in [1.165, 1.54) is 17.8 Å². The fourth-order valence-electron chi connectivity index (χ4n) is 2.42. The molecule has 0 spiro atoms. The number of halogens is 1. The quantitative estimate of drug-likeness (QED) is 0.864. The van der Waals surface area contributed by atoms with E-state index in [0.29, 0.717) is 0 Å². The van der Waals surface area contributed by atoms with Crippen molar-refractivity contribution in [2.75, 3.05) is 6.54 Å². The van der Waals surface area contributed by atoms with Crippen molar-refractivity contribution in [1.82, 2.24) is 14.5 Å². The molecule has 1 aliphatic heterocycles. The van der Waals surface area contributed by atoms with Gasteiger partial charge in [-0.1, -0.05) is 0 Å². The normalized spacial score (nSPS) is 15.2. The Kier molecular flexibility index (Phi) is 4.43. The largest absolute Gasteiger partial charge is 0.334 e. The zero-order chi connectivity index (χ0) is 11.7. The van der Waals surface area contributed by atoms with E-state index in [1.54, 1.807) is 4.88 Å². The highest BCUT2D eigenvalue weighted by atomic mass is 35.5. The van der Waals surface area contributed by atoms with E-state index >= 15 is 0 Å². The smallest absolute Gasteiger partial charge is 0.122 e. The number of hydrogen-bond acceptors (Lipinski definition) is 3. The Morgan fingerprint density at radius 2 is 2.33 bits per heavy atom. The summed E-state index contributed by atoms with van der Waals surface area (Å²) in [5.74, 6) is 1.19. The van der Waals surface area contributed by atoms with Gasteiger partial charge in [0.15, 0.2) is 0 Å². The Bertz CT molecular complexity index is 506. The van der Waals surface area contributed by atoms with Gasteiger partial charge in [-0.15, -0.1) is 23.7 Å². The van der Waals surface area contributed by atoms with Gasteiger partial charge in [0.05, 0.1) is 6.54 Å². The highest BCUT2D eigenvalue weighted by Crippen LogP contribution is 2.24. The van der Waals surface area contributed by atoms with Gasteiger partial charge in [-0.05, 0) is 30.4 Å². The zero-order valence-electron chi connectivity index (χ0n) is 10.5. The molecule has 18 heavy (non-hydrogen) atoms. The van der Waals surface area contributed by atoms with E-state index < -0.39 is 0 Å². The highest BCUT2D eigenvalue weighted by Gasteiger charge is 2.18. The molecule has 0 N–H and O–H groups in total. The van der Waals surface area contributed by atoms with Crippen molar-refractivity contribution in [2.24, 2.45) is 0 Å². The first kappa shape index (κ1) is 13.6. The minimum Gasteiger partial charge on any atom is -0.334 e. The van der Waals surface area contributed by atoms with E-state index in [0.717, 1.165) is 26.2 Å². The first-order chi connectivity index (χ1) is 8.36. The maximum Gasteiger partial charge on any atom is 0.122 e. The first-order valence-electron chi connectivity index (χ1n) is 6.14. The highest BCUT2D eigenvalue weighted by molar-refractivity contribution is 7.10. The number of hydrogen-bond donors (Lipinski definition) is 0. The fourth-order valence-corrected chi connectivity index (χ4v) is 3.31. The van der Waals surface area contributed by atoms with Crippen molar-refractivity contribution in [3.63, 3.8) is 0 Å². The van der Waals surface area contributed by atoms with E-state index in [1.807, 2.05) is 17.5 Å². The van der Waals surface area contributed by atoms with Crippen LogP contribution >= 0.6 is 23.7 Å². The van der Waals surface area contributed by atoms with Crippen LogP contribution in [0.25, 0.3) is 0 Å². The molecule has 1 aliphatic rings. The van der Waals surface area contributed by atoms with Crippen LogP contribution in [-0.4, -0.2) is 21.0 Å². The third kappa shape index (κ3) is 2.60.